The smallest absolute Gasteiger partial charge is 0.0417 e. The number of halogens is 2. The van der Waals surface area contributed by atoms with Gasteiger partial charge in [0, 0.05) is 28.6 Å². The number of benzene rings is 1. The van der Waals surface area contributed by atoms with Crippen molar-refractivity contribution in [3.63, 3.8) is 0 Å². The minimum absolute atomic E-state index is 0.470. The third kappa shape index (κ3) is 4.83. The summed E-state index contributed by atoms with van der Waals surface area (Å²) in [4.78, 5) is 2.18. The van der Waals surface area contributed by atoms with Crippen LogP contribution in [0.3, 0.4) is 0 Å². The van der Waals surface area contributed by atoms with Crippen molar-refractivity contribution in [1.29, 1.82) is 0 Å². The van der Waals surface area contributed by atoms with Crippen LogP contribution in [0, 0.1) is 0 Å². The molecule has 16 heavy (non-hydrogen) atoms. The lowest BCUT2D eigenvalue weighted by Crippen LogP contribution is -2.35. The largest absolute Gasteiger partial charge is 0.309 e. The van der Waals surface area contributed by atoms with Crippen LogP contribution in [0.15, 0.2) is 22.7 Å². The van der Waals surface area contributed by atoms with Crippen molar-refractivity contribution in [3.8, 4) is 0 Å². The van der Waals surface area contributed by atoms with E-state index in [-0.39, 0.29) is 0 Å². The Hall–Kier alpha value is -0.0900. The van der Waals surface area contributed by atoms with Crippen LogP contribution in [-0.2, 0) is 6.54 Å². The van der Waals surface area contributed by atoms with Crippen molar-refractivity contribution in [2.45, 2.75) is 19.5 Å². The van der Waals surface area contributed by atoms with Crippen molar-refractivity contribution in [2.24, 2.45) is 0 Å². The lowest BCUT2D eigenvalue weighted by molar-refractivity contribution is 0.349. The Morgan fingerprint density at radius 3 is 2.69 bits per heavy atom. The van der Waals surface area contributed by atoms with Crippen LogP contribution in [0.1, 0.15) is 12.5 Å². The van der Waals surface area contributed by atoms with Gasteiger partial charge in [0.05, 0.1) is 0 Å². The molecule has 1 rings (SSSR count). The molecule has 0 heterocycles. The number of hydrogen-bond donors (Lipinski definition) is 1. The molecule has 0 aliphatic carbocycles. The van der Waals surface area contributed by atoms with Gasteiger partial charge in [0.15, 0.2) is 0 Å². The monoisotopic (exact) mass is 304 g/mol. The van der Waals surface area contributed by atoms with Crippen LogP contribution in [0.2, 0.25) is 5.02 Å². The number of likely N-dealkylation sites (N-methyl/N-ethyl adjacent to an activating group) is 1. The molecule has 0 radical (unpaired) electrons. The van der Waals surface area contributed by atoms with Gasteiger partial charge in [-0.3, -0.25) is 0 Å². The molecule has 1 aromatic carbocycles. The molecule has 2 nitrogen and oxygen atoms in total. The molecule has 0 bridgehead atoms. The molecule has 0 amide bonds. The highest BCUT2D eigenvalue weighted by molar-refractivity contribution is 9.10. The van der Waals surface area contributed by atoms with E-state index in [1.807, 2.05) is 18.2 Å². The standard InChI is InChI=1S/C12H18BrClN2/c1-9(8-16(2)3)15-7-10-4-5-11(14)6-12(10)13/h4-6,9,15H,7-8H2,1-3H3. The third-order valence-electron chi connectivity index (χ3n) is 2.30. The van der Waals surface area contributed by atoms with Crippen LogP contribution in [-0.4, -0.2) is 31.6 Å². The van der Waals surface area contributed by atoms with E-state index in [1.165, 1.54) is 5.56 Å². The lowest BCUT2D eigenvalue weighted by atomic mass is 10.2. The maximum atomic E-state index is 5.89. The average Bonchev–Trinajstić information content (AvgIpc) is 2.15. The van der Waals surface area contributed by atoms with Crippen LogP contribution in [0.4, 0.5) is 0 Å². The summed E-state index contributed by atoms with van der Waals surface area (Å²) in [6, 6.07) is 6.36. The zero-order valence-corrected chi connectivity index (χ0v) is 12.3. The van der Waals surface area contributed by atoms with E-state index >= 15 is 0 Å². The summed E-state index contributed by atoms with van der Waals surface area (Å²) >= 11 is 9.40. The molecule has 0 saturated carbocycles. The van der Waals surface area contributed by atoms with E-state index in [4.69, 9.17) is 11.6 Å². The molecule has 0 fully saturated rings. The fourth-order valence-corrected chi connectivity index (χ4v) is 2.38. The Morgan fingerprint density at radius 1 is 1.44 bits per heavy atom. The maximum Gasteiger partial charge on any atom is 0.0417 e. The number of hydrogen-bond acceptors (Lipinski definition) is 2. The Balaban J connectivity index is 2.48. The normalized spacial score (nSPS) is 13.1. The molecule has 0 aromatic heterocycles. The van der Waals surface area contributed by atoms with Gasteiger partial charge >= 0.3 is 0 Å². The molecule has 0 saturated heterocycles. The lowest BCUT2D eigenvalue weighted by Gasteiger charge is -2.18. The van der Waals surface area contributed by atoms with Crippen LogP contribution >= 0.6 is 27.5 Å². The first-order valence-electron chi connectivity index (χ1n) is 5.31. The SMILES string of the molecule is CC(CN(C)C)NCc1ccc(Cl)cc1Br. The van der Waals surface area contributed by atoms with Crippen molar-refractivity contribution in [1.82, 2.24) is 10.2 Å². The minimum Gasteiger partial charge on any atom is -0.309 e. The van der Waals surface area contributed by atoms with E-state index in [2.05, 4.69) is 47.2 Å². The summed E-state index contributed by atoms with van der Waals surface area (Å²) in [7, 11) is 4.16. The van der Waals surface area contributed by atoms with Gasteiger partial charge in [0.2, 0.25) is 0 Å². The summed E-state index contributed by atoms with van der Waals surface area (Å²) < 4.78 is 1.06. The fraction of sp³-hybridized carbons (Fsp3) is 0.500. The Bertz CT molecular complexity index is 342. The Kier molecular flexibility index (Phi) is 5.76. The average molecular weight is 306 g/mol. The number of nitrogens with zero attached hydrogens (tertiary/aromatic N) is 1. The predicted molar refractivity (Wildman–Crippen MR) is 74.0 cm³/mol. The summed E-state index contributed by atoms with van der Waals surface area (Å²) in [5, 5.41) is 4.24. The zero-order valence-electron chi connectivity index (χ0n) is 9.93. The molecule has 1 aromatic rings. The molecule has 1 atom stereocenters. The van der Waals surface area contributed by atoms with Gasteiger partial charge in [-0.05, 0) is 38.7 Å². The van der Waals surface area contributed by atoms with Gasteiger partial charge < -0.3 is 10.2 Å². The first-order valence-corrected chi connectivity index (χ1v) is 6.48. The summed E-state index contributed by atoms with van der Waals surface area (Å²) in [6.07, 6.45) is 0. The highest BCUT2D eigenvalue weighted by atomic mass is 79.9. The molecule has 0 aliphatic rings. The quantitative estimate of drug-likeness (QED) is 0.899. The van der Waals surface area contributed by atoms with Gasteiger partial charge in [0.25, 0.3) is 0 Å². The zero-order chi connectivity index (χ0) is 12.1. The molecule has 90 valence electrons. The maximum absolute atomic E-state index is 5.89. The van der Waals surface area contributed by atoms with Gasteiger partial charge in [-0.1, -0.05) is 33.6 Å². The van der Waals surface area contributed by atoms with Crippen molar-refractivity contribution >= 4 is 27.5 Å². The van der Waals surface area contributed by atoms with E-state index < -0.39 is 0 Å². The van der Waals surface area contributed by atoms with Gasteiger partial charge in [-0.2, -0.15) is 0 Å². The van der Waals surface area contributed by atoms with Gasteiger partial charge in [-0.15, -0.1) is 0 Å². The second kappa shape index (κ2) is 6.60. The van der Waals surface area contributed by atoms with Crippen LogP contribution in [0.25, 0.3) is 0 Å². The summed E-state index contributed by atoms with van der Waals surface area (Å²) in [6.45, 7) is 4.07. The highest BCUT2D eigenvalue weighted by Gasteiger charge is 2.05. The minimum atomic E-state index is 0.470. The van der Waals surface area contributed by atoms with E-state index in [1.54, 1.807) is 0 Å². The fourth-order valence-electron chi connectivity index (χ4n) is 1.56. The predicted octanol–water partition coefficient (Wildman–Crippen LogP) is 3.14. The summed E-state index contributed by atoms with van der Waals surface area (Å²) in [5.41, 5.74) is 1.23. The third-order valence-corrected chi connectivity index (χ3v) is 3.27. The second-order valence-electron chi connectivity index (χ2n) is 4.28. The van der Waals surface area contributed by atoms with Crippen molar-refractivity contribution < 1.29 is 0 Å². The molecule has 1 unspecified atom stereocenters. The van der Waals surface area contributed by atoms with Gasteiger partial charge in [-0.25, -0.2) is 0 Å². The second-order valence-corrected chi connectivity index (χ2v) is 5.57. The molecule has 0 aliphatic heterocycles. The van der Waals surface area contributed by atoms with Gasteiger partial charge in [0.1, 0.15) is 0 Å². The molecular weight excluding hydrogens is 288 g/mol. The number of nitrogens with one attached hydrogen (secondary N) is 1. The van der Waals surface area contributed by atoms with E-state index in [0.29, 0.717) is 6.04 Å². The van der Waals surface area contributed by atoms with Crippen LogP contribution in [0.5, 0.6) is 0 Å². The van der Waals surface area contributed by atoms with E-state index in [9.17, 15) is 0 Å². The number of rotatable bonds is 5. The van der Waals surface area contributed by atoms with Crippen molar-refractivity contribution in [3.05, 3.63) is 33.3 Å². The Morgan fingerprint density at radius 2 is 2.12 bits per heavy atom. The highest BCUT2D eigenvalue weighted by Crippen LogP contribution is 2.21. The summed E-state index contributed by atoms with van der Waals surface area (Å²) in [5.74, 6) is 0. The first-order chi connectivity index (χ1) is 7.49. The molecule has 0 spiro atoms. The van der Waals surface area contributed by atoms with Crippen molar-refractivity contribution in [2.75, 3.05) is 20.6 Å². The van der Waals surface area contributed by atoms with Crippen LogP contribution < -0.4 is 5.32 Å². The molecule has 1 N–H and O–H groups in total. The van der Waals surface area contributed by atoms with E-state index in [0.717, 1.165) is 22.6 Å². The molecule has 4 heteroatoms. The molecular formula is C12H18BrClN2. The topological polar surface area (TPSA) is 15.3 Å². The Labute approximate surface area is 111 Å². The first kappa shape index (κ1) is 14.0.